The Morgan fingerprint density at radius 1 is 1.19 bits per heavy atom. The first kappa shape index (κ1) is 20.7. The van der Waals surface area contributed by atoms with Gasteiger partial charge in [0.1, 0.15) is 10.6 Å². The van der Waals surface area contributed by atoms with Crippen LogP contribution >= 0.6 is 11.6 Å². The van der Waals surface area contributed by atoms with Crippen LogP contribution in [0, 0.1) is 6.92 Å². The van der Waals surface area contributed by atoms with E-state index in [1.807, 2.05) is 31.2 Å². The van der Waals surface area contributed by atoms with E-state index in [1.54, 1.807) is 6.07 Å². The smallest absolute Gasteiger partial charge is 0.244 e. The van der Waals surface area contributed by atoms with Gasteiger partial charge in [0.15, 0.2) is 0 Å². The van der Waals surface area contributed by atoms with Gasteiger partial charge in [0.2, 0.25) is 10.0 Å². The van der Waals surface area contributed by atoms with Crippen molar-refractivity contribution in [1.29, 1.82) is 0 Å². The van der Waals surface area contributed by atoms with Gasteiger partial charge in [-0.3, -0.25) is 0 Å². The minimum absolute atomic E-state index is 0.00105. The molecule has 142 valence electrons. The summed E-state index contributed by atoms with van der Waals surface area (Å²) in [5.74, 6) is 0.199. The fourth-order valence-corrected chi connectivity index (χ4v) is 3.83. The molecule has 0 aliphatic heterocycles. The van der Waals surface area contributed by atoms with Gasteiger partial charge in [-0.15, -0.1) is 0 Å². The van der Waals surface area contributed by atoms with E-state index in [9.17, 15) is 8.42 Å². The van der Waals surface area contributed by atoms with Crippen LogP contribution in [0.15, 0.2) is 47.4 Å². The largest absolute Gasteiger partial charge is 0.495 e. The molecule has 2 N–H and O–H groups in total. The average molecular weight is 400 g/mol. The molecule has 2 rings (SSSR count). The Bertz CT molecular complexity index is 824. The lowest BCUT2D eigenvalue weighted by Crippen LogP contribution is -2.30. The third-order valence-electron chi connectivity index (χ3n) is 3.73. The van der Waals surface area contributed by atoms with Crippen molar-refractivity contribution in [3.63, 3.8) is 0 Å². The van der Waals surface area contributed by atoms with E-state index in [1.165, 1.54) is 19.2 Å². The fraction of sp³-hybridized carbons (Fsp3) is 0.333. The number of aryl methyl sites for hydroxylation is 1. The van der Waals surface area contributed by atoms with Crippen LogP contribution in [0.25, 0.3) is 0 Å². The van der Waals surface area contributed by atoms with Crippen molar-refractivity contribution in [3.05, 3.63) is 58.6 Å². The molecule has 26 heavy (non-hydrogen) atoms. The second-order valence-corrected chi connectivity index (χ2v) is 7.81. The zero-order chi connectivity index (χ0) is 19.2. The normalized spacial score (nSPS) is 12.8. The second-order valence-electron chi connectivity index (χ2n) is 5.64. The summed E-state index contributed by atoms with van der Waals surface area (Å²) in [5.41, 5.74) is 1.89. The summed E-state index contributed by atoms with van der Waals surface area (Å²) in [4.78, 5) is -0.0442. The van der Waals surface area contributed by atoms with E-state index in [2.05, 4.69) is 4.72 Å². The molecule has 0 heterocycles. The summed E-state index contributed by atoms with van der Waals surface area (Å²) < 4.78 is 38.6. The van der Waals surface area contributed by atoms with Gasteiger partial charge in [-0.25, -0.2) is 13.1 Å². The summed E-state index contributed by atoms with van der Waals surface area (Å²) in [6.45, 7) is 1.90. The number of hydrogen-bond donors (Lipinski definition) is 2. The van der Waals surface area contributed by atoms with E-state index in [0.717, 1.165) is 11.1 Å². The van der Waals surface area contributed by atoms with E-state index < -0.39 is 16.1 Å². The van der Waals surface area contributed by atoms with Crippen molar-refractivity contribution in [2.24, 2.45) is 0 Å². The first-order valence-electron chi connectivity index (χ1n) is 7.99. The number of ether oxygens (including phenoxy) is 2. The molecule has 0 amide bonds. The molecule has 0 aliphatic carbocycles. The predicted molar refractivity (Wildman–Crippen MR) is 100 cm³/mol. The predicted octanol–water partition coefficient (Wildman–Crippen LogP) is 2.69. The fourth-order valence-electron chi connectivity index (χ4n) is 2.37. The van der Waals surface area contributed by atoms with Crippen LogP contribution in [-0.4, -0.2) is 40.4 Å². The maximum atomic E-state index is 12.7. The third-order valence-corrected chi connectivity index (χ3v) is 5.41. The highest BCUT2D eigenvalue weighted by Gasteiger charge is 2.22. The zero-order valence-corrected chi connectivity index (χ0v) is 16.2. The van der Waals surface area contributed by atoms with Crippen LogP contribution in [0.1, 0.15) is 17.2 Å². The van der Waals surface area contributed by atoms with E-state index in [4.69, 9.17) is 26.2 Å². The second kappa shape index (κ2) is 9.34. The van der Waals surface area contributed by atoms with Crippen LogP contribution in [-0.2, 0) is 14.8 Å². The molecule has 2 aromatic carbocycles. The highest BCUT2D eigenvalue weighted by molar-refractivity contribution is 7.89. The van der Waals surface area contributed by atoms with Gasteiger partial charge in [0, 0.05) is 11.6 Å². The van der Waals surface area contributed by atoms with Crippen molar-refractivity contribution in [2.75, 3.05) is 26.9 Å². The van der Waals surface area contributed by atoms with Crippen LogP contribution in [0.4, 0.5) is 0 Å². The Balaban J connectivity index is 2.21. The summed E-state index contributed by atoms with van der Waals surface area (Å²) >= 11 is 5.92. The van der Waals surface area contributed by atoms with Crippen molar-refractivity contribution in [2.45, 2.75) is 17.9 Å². The molecule has 0 fully saturated rings. The van der Waals surface area contributed by atoms with Gasteiger partial charge in [0.25, 0.3) is 0 Å². The number of sulfonamides is 1. The number of halogens is 1. The quantitative estimate of drug-likeness (QED) is 0.677. The lowest BCUT2D eigenvalue weighted by atomic mass is 10.1. The average Bonchev–Trinajstić information content (AvgIpc) is 2.63. The molecule has 0 saturated heterocycles. The summed E-state index contributed by atoms with van der Waals surface area (Å²) in [6, 6.07) is 11.9. The number of benzene rings is 2. The molecule has 1 unspecified atom stereocenters. The Morgan fingerprint density at radius 2 is 1.88 bits per heavy atom. The molecule has 0 bridgehead atoms. The molecule has 1 atom stereocenters. The molecule has 0 aromatic heterocycles. The summed E-state index contributed by atoms with van der Waals surface area (Å²) in [6.07, 6.45) is -0.539. The van der Waals surface area contributed by atoms with Gasteiger partial charge in [-0.05, 0) is 30.7 Å². The number of nitrogens with one attached hydrogen (secondary N) is 1. The highest BCUT2D eigenvalue weighted by Crippen LogP contribution is 2.27. The van der Waals surface area contributed by atoms with Crippen molar-refractivity contribution < 1.29 is 23.0 Å². The van der Waals surface area contributed by atoms with Gasteiger partial charge < -0.3 is 14.6 Å². The lowest BCUT2D eigenvalue weighted by molar-refractivity contribution is 0.0309. The lowest BCUT2D eigenvalue weighted by Gasteiger charge is -2.19. The molecular formula is C18H22ClNO5S. The topological polar surface area (TPSA) is 84.9 Å². The van der Waals surface area contributed by atoms with Gasteiger partial charge in [-0.1, -0.05) is 41.4 Å². The molecule has 2 aromatic rings. The Morgan fingerprint density at radius 3 is 2.50 bits per heavy atom. The number of aliphatic hydroxyl groups excluding tert-OH is 1. The van der Waals surface area contributed by atoms with Crippen LogP contribution in [0.3, 0.4) is 0 Å². The Kier molecular flexibility index (Phi) is 7.43. The zero-order valence-electron chi connectivity index (χ0n) is 14.6. The highest BCUT2D eigenvalue weighted by atomic mass is 35.5. The molecule has 8 heteroatoms. The van der Waals surface area contributed by atoms with Gasteiger partial charge >= 0.3 is 0 Å². The number of hydrogen-bond acceptors (Lipinski definition) is 5. The molecule has 0 aliphatic rings. The number of aliphatic hydroxyl groups is 1. The number of rotatable bonds is 9. The van der Waals surface area contributed by atoms with E-state index in [-0.39, 0.29) is 35.4 Å². The van der Waals surface area contributed by atoms with E-state index in [0.29, 0.717) is 0 Å². The summed E-state index contributed by atoms with van der Waals surface area (Å²) in [7, 11) is -2.47. The minimum atomic E-state index is -3.86. The first-order valence-corrected chi connectivity index (χ1v) is 9.85. The maximum absolute atomic E-state index is 12.7. The van der Waals surface area contributed by atoms with Gasteiger partial charge in [0.05, 0.1) is 26.4 Å². The Labute approximate surface area is 158 Å². The minimum Gasteiger partial charge on any atom is -0.495 e. The Hall–Kier alpha value is -1.64. The maximum Gasteiger partial charge on any atom is 0.244 e. The monoisotopic (exact) mass is 399 g/mol. The molecule has 0 spiro atoms. The molecule has 6 nitrogen and oxygen atoms in total. The number of methoxy groups -OCH3 is 1. The van der Waals surface area contributed by atoms with Crippen molar-refractivity contribution in [1.82, 2.24) is 4.72 Å². The first-order chi connectivity index (χ1) is 12.4. The standard InChI is InChI=1S/C18H22ClNO5S/c1-13-3-5-14(6-4-13)17(25-10-9-21)12-20-26(22,23)18-11-15(19)7-8-16(18)24-2/h3-8,11,17,20-21H,9-10,12H2,1-2H3. The SMILES string of the molecule is COc1ccc(Cl)cc1S(=O)(=O)NCC(OCCO)c1ccc(C)cc1. The molecular weight excluding hydrogens is 378 g/mol. The van der Waals surface area contributed by atoms with Crippen LogP contribution in [0.5, 0.6) is 5.75 Å². The molecule has 0 radical (unpaired) electrons. The van der Waals surface area contributed by atoms with Crippen LogP contribution in [0.2, 0.25) is 5.02 Å². The van der Waals surface area contributed by atoms with Crippen molar-refractivity contribution in [3.8, 4) is 5.75 Å². The van der Waals surface area contributed by atoms with Crippen molar-refractivity contribution >= 4 is 21.6 Å². The van der Waals surface area contributed by atoms with Gasteiger partial charge in [-0.2, -0.15) is 0 Å². The third kappa shape index (κ3) is 5.43. The van der Waals surface area contributed by atoms with E-state index >= 15 is 0 Å². The van der Waals surface area contributed by atoms with Crippen LogP contribution < -0.4 is 9.46 Å². The molecule has 0 saturated carbocycles. The summed E-state index contributed by atoms with van der Waals surface area (Å²) in [5, 5.41) is 9.31.